The molecule has 1 aliphatic rings. The second kappa shape index (κ2) is 8.49. The highest BCUT2D eigenvalue weighted by atomic mass is 16.3. The van der Waals surface area contributed by atoms with Gasteiger partial charge >= 0.3 is 0 Å². The summed E-state index contributed by atoms with van der Waals surface area (Å²) in [6.07, 6.45) is 7.11. The third kappa shape index (κ3) is 4.94. The Balaban J connectivity index is 1.45. The van der Waals surface area contributed by atoms with Crippen LogP contribution in [0, 0.1) is 0 Å². The average Bonchev–Trinajstić information content (AvgIpc) is 2.62. The van der Waals surface area contributed by atoms with Gasteiger partial charge in [-0.3, -0.25) is 0 Å². The Kier molecular flexibility index (Phi) is 5.86. The van der Waals surface area contributed by atoms with E-state index in [0.29, 0.717) is 18.8 Å². The van der Waals surface area contributed by atoms with E-state index in [4.69, 9.17) is 0 Å². The number of nitrogens with one attached hydrogen (secondary N) is 1. The van der Waals surface area contributed by atoms with Gasteiger partial charge in [0.1, 0.15) is 12.8 Å². The number of aliphatic hydroxyl groups excluding tert-OH is 1. The third-order valence-electron chi connectivity index (χ3n) is 4.47. The molecule has 2 aromatic rings. The van der Waals surface area contributed by atoms with Crippen LogP contribution in [0.25, 0.3) is 0 Å². The normalized spacial score (nSPS) is 14.2. The Morgan fingerprint density at radius 2 is 1.92 bits per heavy atom. The summed E-state index contributed by atoms with van der Waals surface area (Å²) in [5.41, 5.74) is 3.51. The van der Waals surface area contributed by atoms with Crippen molar-refractivity contribution in [3.8, 4) is 0 Å². The fourth-order valence-electron chi connectivity index (χ4n) is 2.98. The molecule has 0 fully saturated rings. The quantitative estimate of drug-likeness (QED) is 0.603. The summed E-state index contributed by atoms with van der Waals surface area (Å²) < 4.78 is 2.14. The van der Waals surface area contributed by atoms with Gasteiger partial charge in [0, 0.05) is 50.0 Å². The summed E-state index contributed by atoms with van der Waals surface area (Å²) in [6.45, 7) is 2.96. The molecule has 2 N–H and O–H groups in total. The van der Waals surface area contributed by atoms with Crippen LogP contribution in [0.1, 0.15) is 11.3 Å². The van der Waals surface area contributed by atoms with Gasteiger partial charge in [-0.05, 0) is 11.6 Å². The molecule has 0 bridgehead atoms. The largest absolute Gasteiger partial charge is 0.510 e. The molecule has 4 heteroatoms. The van der Waals surface area contributed by atoms with E-state index in [-0.39, 0.29) is 0 Å². The minimum atomic E-state index is 0.455. The van der Waals surface area contributed by atoms with Gasteiger partial charge in [-0.25, -0.2) is 4.57 Å². The average molecular weight is 336 g/mol. The lowest BCUT2D eigenvalue weighted by Crippen LogP contribution is -2.35. The van der Waals surface area contributed by atoms with E-state index >= 15 is 0 Å². The lowest BCUT2D eigenvalue weighted by molar-refractivity contribution is -0.679. The Labute approximate surface area is 149 Å². The number of hydrogen-bond acceptors (Lipinski definition) is 3. The highest BCUT2D eigenvalue weighted by Gasteiger charge is 2.13. The van der Waals surface area contributed by atoms with E-state index in [2.05, 4.69) is 58.5 Å². The molecule has 3 rings (SSSR count). The van der Waals surface area contributed by atoms with E-state index in [9.17, 15) is 5.11 Å². The maximum absolute atomic E-state index is 10.3. The highest BCUT2D eigenvalue weighted by Crippen LogP contribution is 2.15. The molecule has 0 saturated carbocycles. The number of pyridine rings is 1. The van der Waals surface area contributed by atoms with Crippen LogP contribution >= 0.6 is 0 Å². The molecule has 0 unspecified atom stereocenters. The molecule has 0 radical (unpaired) electrons. The highest BCUT2D eigenvalue weighted by molar-refractivity contribution is 5.28. The first kappa shape index (κ1) is 17.2. The van der Waals surface area contributed by atoms with Gasteiger partial charge in [0.15, 0.2) is 11.9 Å². The van der Waals surface area contributed by atoms with Gasteiger partial charge in [-0.15, -0.1) is 0 Å². The fraction of sp³-hybridized carbons (Fsp3) is 0.286. The van der Waals surface area contributed by atoms with Gasteiger partial charge in [-0.1, -0.05) is 36.4 Å². The van der Waals surface area contributed by atoms with Crippen molar-refractivity contribution in [1.29, 1.82) is 0 Å². The first-order valence-corrected chi connectivity index (χ1v) is 8.74. The Morgan fingerprint density at radius 3 is 2.68 bits per heavy atom. The van der Waals surface area contributed by atoms with Gasteiger partial charge in [0.25, 0.3) is 0 Å². The molecule has 0 aliphatic carbocycles. The molecule has 0 amide bonds. The molecule has 1 aromatic carbocycles. The third-order valence-corrected chi connectivity index (χ3v) is 4.47. The zero-order valence-electron chi connectivity index (χ0n) is 14.7. The van der Waals surface area contributed by atoms with Crippen LogP contribution in [0.3, 0.4) is 0 Å². The molecule has 2 heterocycles. The second-order valence-electron chi connectivity index (χ2n) is 6.41. The van der Waals surface area contributed by atoms with E-state index in [1.54, 1.807) is 0 Å². The van der Waals surface area contributed by atoms with Gasteiger partial charge in [-0.2, -0.15) is 0 Å². The van der Waals surface area contributed by atoms with Crippen molar-refractivity contribution >= 4 is 0 Å². The summed E-state index contributed by atoms with van der Waals surface area (Å²) in [6, 6.07) is 16.6. The van der Waals surface area contributed by atoms with Crippen LogP contribution in [0.15, 0.2) is 78.3 Å². The summed E-state index contributed by atoms with van der Waals surface area (Å²) in [5.74, 6) is 0.455. The summed E-state index contributed by atoms with van der Waals surface area (Å²) >= 11 is 0. The van der Waals surface area contributed by atoms with Crippen molar-refractivity contribution in [2.24, 2.45) is 7.05 Å². The number of nitrogens with zero attached hydrogens (tertiary/aromatic N) is 2. The van der Waals surface area contributed by atoms with Crippen LogP contribution in [0.5, 0.6) is 0 Å². The van der Waals surface area contributed by atoms with E-state index in [1.165, 1.54) is 11.3 Å². The second-order valence-corrected chi connectivity index (χ2v) is 6.41. The van der Waals surface area contributed by atoms with Crippen molar-refractivity contribution in [3.05, 3.63) is 89.6 Å². The van der Waals surface area contributed by atoms with Crippen molar-refractivity contribution in [2.45, 2.75) is 13.0 Å². The Morgan fingerprint density at radius 1 is 1.12 bits per heavy atom. The number of benzene rings is 1. The van der Waals surface area contributed by atoms with Gasteiger partial charge in [0.05, 0.1) is 6.54 Å². The number of aliphatic hydroxyl groups is 1. The van der Waals surface area contributed by atoms with E-state index in [0.717, 1.165) is 25.1 Å². The number of aryl methyl sites for hydroxylation is 1. The van der Waals surface area contributed by atoms with Gasteiger partial charge in [0.2, 0.25) is 0 Å². The lowest BCUT2D eigenvalue weighted by atomic mass is 10.1. The minimum absolute atomic E-state index is 0.455. The molecule has 1 aromatic heterocycles. The molecule has 1 aliphatic heterocycles. The number of hydrogen-bond donors (Lipinski definition) is 2. The van der Waals surface area contributed by atoms with E-state index < -0.39 is 0 Å². The van der Waals surface area contributed by atoms with Crippen LogP contribution < -0.4 is 9.88 Å². The van der Waals surface area contributed by atoms with Crippen LogP contribution in [-0.2, 0) is 20.0 Å². The first-order valence-electron chi connectivity index (χ1n) is 8.74. The maximum Gasteiger partial charge on any atom is 0.182 e. The van der Waals surface area contributed by atoms with Crippen molar-refractivity contribution in [1.82, 2.24) is 10.2 Å². The van der Waals surface area contributed by atoms with Crippen molar-refractivity contribution < 1.29 is 9.67 Å². The SMILES string of the molecule is C[n+]1ccccc1CCNCC1=C(O)CN(Cc2ccccc2)C=C1. The standard InChI is InChI=1S/C21H25N3O/c1-23-13-6-5-9-20(23)10-12-22-15-19-11-14-24(17-21(19)25)16-18-7-3-2-4-8-18/h2-9,11,13-14,22H,10,12,15-17H2,1H3/p+1. The van der Waals surface area contributed by atoms with Crippen LogP contribution in [0.4, 0.5) is 0 Å². The molecule has 25 heavy (non-hydrogen) atoms. The zero-order valence-corrected chi connectivity index (χ0v) is 14.7. The number of aromatic nitrogens is 1. The molecular formula is C21H26N3O+. The molecule has 0 spiro atoms. The summed E-state index contributed by atoms with van der Waals surface area (Å²) in [5, 5.41) is 13.7. The topological polar surface area (TPSA) is 39.4 Å². The predicted molar refractivity (Wildman–Crippen MR) is 99.8 cm³/mol. The Bertz CT molecular complexity index is 753. The van der Waals surface area contributed by atoms with Crippen molar-refractivity contribution in [2.75, 3.05) is 19.6 Å². The zero-order chi connectivity index (χ0) is 17.5. The fourth-order valence-corrected chi connectivity index (χ4v) is 2.98. The van der Waals surface area contributed by atoms with E-state index in [1.807, 2.05) is 30.3 Å². The summed E-state index contributed by atoms with van der Waals surface area (Å²) in [7, 11) is 2.06. The minimum Gasteiger partial charge on any atom is -0.510 e. The molecule has 0 saturated heterocycles. The molecule has 0 atom stereocenters. The van der Waals surface area contributed by atoms with Crippen LogP contribution in [0.2, 0.25) is 0 Å². The Hall–Kier alpha value is -2.59. The smallest absolute Gasteiger partial charge is 0.182 e. The lowest BCUT2D eigenvalue weighted by Gasteiger charge is -2.25. The molecule has 130 valence electrons. The first-order chi connectivity index (χ1) is 12.2. The molecule has 4 nitrogen and oxygen atoms in total. The molecular weight excluding hydrogens is 310 g/mol. The van der Waals surface area contributed by atoms with Crippen LogP contribution in [-0.4, -0.2) is 29.6 Å². The predicted octanol–water partition coefficient (Wildman–Crippen LogP) is 2.48. The maximum atomic E-state index is 10.3. The van der Waals surface area contributed by atoms with Crippen molar-refractivity contribution in [3.63, 3.8) is 0 Å². The number of rotatable bonds is 7. The van der Waals surface area contributed by atoms with Gasteiger partial charge < -0.3 is 15.3 Å². The monoisotopic (exact) mass is 336 g/mol. The summed E-state index contributed by atoms with van der Waals surface area (Å²) in [4.78, 5) is 2.12.